The molecule has 1 atom stereocenters. The van der Waals surface area contributed by atoms with E-state index < -0.39 is 40.1 Å². The van der Waals surface area contributed by atoms with Gasteiger partial charge >= 0.3 is 5.97 Å². The molecule has 0 radical (unpaired) electrons. The number of benzene rings is 2. The predicted octanol–water partition coefficient (Wildman–Crippen LogP) is 2.18. The Balaban J connectivity index is 1.98. The summed E-state index contributed by atoms with van der Waals surface area (Å²) in [7, 11) is -0.285. The Morgan fingerprint density at radius 2 is 1.65 bits per heavy atom. The molecule has 12 heteroatoms. The summed E-state index contributed by atoms with van der Waals surface area (Å²) < 4.78 is 43.6. The first-order valence-electron chi connectivity index (χ1n) is 10.0. The molecule has 2 amide bonds. The third-order valence-corrected chi connectivity index (χ3v) is 7.71. The second-order valence-electron chi connectivity index (χ2n) is 7.26. The summed E-state index contributed by atoms with van der Waals surface area (Å²) in [6.07, 6.45) is -1.34. The SMILES string of the molecule is COC(=O)c1ccc(N2C(=O)CC(N(CC(OC)OC)S(=O)(=O)c3ccc(Br)cc3)C2=O)cc1. The lowest BCUT2D eigenvalue weighted by Gasteiger charge is -2.29. The molecule has 1 saturated heterocycles. The maximum atomic E-state index is 13.5. The van der Waals surface area contributed by atoms with Gasteiger partial charge in [0.15, 0.2) is 6.29 Å². The highest BCUT2D eigenvalue weighted by atomic mass is 79.9. The van der Waals surface area contributed by atoms with E-state index >= 15 is 0 Å². The van der Waals surface area contributed by atoms with E-state index in [0.717, 1.165) is 9.21 Å². The van der Waals surface area contributed by atoms with Crippen LogP contribution in [-0.4, -0.2) is 70.7 Å². The number of amides is 2. The van der Waals surface area contributed by atoms with Crippen LogP contribution in [0.5, 0.6) is 0 Å². The Bertz CT molecular complexity index is 1160. The number of hydrogen-bond acceptors (Lipinski definition) is 8. The molecule has 0 aromatic heterocycles. The largest absolute Gasteiger partial charge is 0.465 e. The minimum Gasteiger partial charge on any atom is -0.465 e. The highest BCUT2D eigenvalue weighted by molar-refractivity contribution is 9.10. The molecule has 1 aliphatic rings. The molecule has 1 fully saturated rings. The van der Waals surface area contributed by atoms with Crippen LogP contribution < -0.4 is 4.90 Å². The molecule has 1 unspecified atom stereocenters. The summed E-state index contributed by atoms with van der Waals surface area (Å²) in [5.74, 6) is -1.87. The van der Waals surface area contributed by atoms with Gasteiger partial charge in [0.1, 0.15) is 6.04 Å². The van der Waals surface area contributed by atoms with Gasteiger partial charge in [-0.05, 0) is 48.5 Å². The number of nitrogens with zero attached hydrogens (tertiary/aromatic N) is 2. The number of rotatable bonds is 9. The van der Waals surface area contributed by atoms with Crippen molar-refractivity contribution in [1.82, 2.24) is 4.31 Å². The molecule has 0 N–H and O–H groups in total. The summed E-state index contributed by atoms with van der Waals surface area (Å²) in [6, 6.07) is 10.3. The normalized spacial score (nSPS) is 16.5. The molecule has 1 heterocycles. The van der Waals surface area contributed by atoms with E-state index in [-0.39, 0.29) is 29.1 Å². The van der Waals surface area contributed by atoms with Crippen molar-refractivity contribution >= 4 is 49.4 Å². The minimum absolute atomic E-state index is 0.0530. The third-order valence-electron chi connectivity index (χ3n) is 5.29. The van der Waals surface area contributed by atoms with Crippen LogP contribution in [0.3, 0.4) is 0 Å². The van der Waals surface area contributed by atoms with E-state index in [0.29, 0.717) is 4.47 Å². The molecular weight excluding hydrogens is 532 g/mol. The van der Waals surface area contributed by atoms with Crippen LogP contribution in [0.25, 0.3) is 0 Å². The Kier molecular flexibility index (Phi) is 8.21. The van der Waals surface area contributed by atoms with E-state index in [9.17, 15) is 22.8 Å². The van der Waals surface area contributed by atoms with Crippen molar-refractivity contribution in [1.29, 1.82) is 0 Å². The molecule has 34 heavy (non-hydrogen) atoms. The fourth-order valence-electron chi connectivity index (χ4n) is 3.50. The number of carbonyl (C=O) groups is 3. The van der Waals surface area contributed by atoms with E-state index in [1.165, 1.54) is 57.7 Å². The number of methoxy groups -OCH3 is 3. The highest BCUT2D eigenvalue weighted by Crippen LogP contribution is 2.30. The van der Waals surface area contributed by atoms with Crippen molar-refractivity contribution in [2.45, 2.75) is 23.6 Å². The standard InChI is InChI=1S/C22H23BrN2O8S/c1-31-20(32-2)13-24(34(29,30)17-10-6-15(23)7-11-17)18-12-19(26)25(21(18)27)16-8-4-14(5-9-16)22(28)33-3/h4-11,18,20H,12-13H2,1-3H3. The van der Waals surface area contributed by atoms with Gasteiger partial charge in [0.05, 0.1) is 36.2 Å². The van der Waals surface area contributed by atoms with Gasteiger partial charge in [0, 0.05) is 18.7 Å². The summed E-state index contributed by atoms with van der Waals surface area (Å²) in [6.45, 7) is -0.315. The molecule has 0 bridgehead atoms. The van der Waals surface area contributed by atoms with Crippen LogP contribution in [0.4, 0.5) is 5.69 Å². The number of hydrogen-bond donors (Lipinski definition) is 0. The van der Waals surface area contributed by atoms with Crippen molar-refractivity contribution in [3.63, 3.8) is 0 Å². The lowest BCUT2D eigenvalue weighted by atomic mass is 10.2. The van der Waals surface area contributed by atoms with E-state index in [2.05, 4.69) is 20.7 Å². The molecule has 182 valence electrons. The lowest BCUT2D eigenvalue weighted by molar-refractivity contribution is -0.125. The predicted molar refractivity (Wildman–Crippen MR) is 125 cm³/mol. The van der Waals surface area contributed by atoms with Gasteiger partial charge in [-0.2, -0.15) is 4.31 Å². The fraction of sp³-hybridized carbons (Fsp3) is 0.318. The Morgan fingerprint density at radius 3 is 2.18 bits per heavy atom. The van der Waals surface area contributed by atoms with E-state index in [4.69, 9.17) is 9.47 Å². The minimum atomic E-state index is -4.21. The van der Waals surface area contributed by atoms with Crippen LogP contribution in [0.15, 0.2) is 57.9 Å². The Morgan fingerprint density at radius 1 is 1.06 bits per heavy atom. The van der Waals surface area contributed by atoms with Crippen LogP contribution >= 0.6 is 15.9 Å². The van der Waals surface area contributed by atoms with Gasteiger partial charge < -0.3 is 14.2 Å². The molecular formula is C22H23BrN2O8S. The van der Waals surface area contributed by atoms with Crippen molar-refractivity contribution in [3.8, 4) is 0 Å². The summed E-state index contributed by atoms with van der Waals surface area (Å²) in [5, 5.41) is 0. The Labute approximate surface area is 205 Å². The van der Waals surface area contributed by atoms with Gasteiger partial charge in [-0.15, -0.1) is 0 Å². The van der Waals surface area contributed by atoms with E-state index in [1.54, 1.807) is 12.1 Å². The quantitative estimate of drug-likeness (QED) is 0.263. The first-order valence-corrected chi connectivity index (χ1v) is 12.3. The average molecular weight is 555 g/mol. The number of carbonyl (C=O) groups excluding carboxylic acids is 3. The van der Waals surface area contributed by atoms with Crippen molar-refractivity contribution in [2.24, 2.45) is 0 Å². The molecule has 10 nitrogen and oxygen atoms in total. The second-order valence-corrected chi connectivity index (χ2v) is 10.1. The first-order chi connectivity index (χ1) is 16.1. The fourth-order valence-corrected chi connectivity index (χ4v) is 5.34. The third kappa shape index (κ3) is 5.20. The van der Waals surface area contributed by atoms with Crippen LogP contribution in [0.1, 0.15) is 16.8 Å². The number of imide groups is 1. The zero-order valence-corrected chi connectivity index (χ0v) is 21.0. The van der Waals surface area contributed by atoms with Crippen LogP contribution in [0.2, 0.25) is 0 Å². The summed E-state index contributed by atoms with van der Waals surface area (Å²) >= 11 is 3.27. The topological polar surface area (TPSA) is 120 Å². The van der Waals surface area contributed by atoms with Crippen LogP contribution in [-0.2, 0) is 33.8 Å². The number of sulfonamides is 1. The average Bonchev–Trinajstić information content (AvgIpc) is 3.12. The van der Waals surface area contributed by atoms with Gasteiger partial charge in [-0.3, -0.25) is 9.59 Å². The lowest BCUT2D eigenvalue weighted by Crippen LogP contribution is -2.49. The smallest absolute Gasteiger partial charge is 0.337 e. The van der Waals surface area contributed by atoms with E-state index in [1.807, 2.05) is 0 Å². The molecule has 2 aromatic rings. The number of esters is 1. The number of halogens is 1. The summed E-state index contributed by atoms with van der Waals surface area (Å²) in [4.78, 5) is 38.7. The maximum absolute atomic E-state index is 13.5. The Hall–Kier alpha value is -2.64. The zero-order valence-electron chi connectivity index (χ0n) is 18.6. The van der Waals surface area contributed by atoms with Gasteiger partial charge in [-0.1, -0.05) is 15.9 Å². The molecule has 2 aromatic carbocycles. The van der Waals surface area contributed by atoms with Gasteiger partial charge in [0.25, 0.3) is 5.91 Å². The zero-order chi connectivity index (χ0) is 25.0. The first kappa shape index (κ1) is 26.0. The molecule has 3 rings (SSSR count). The number of ether oxygens (including phenoxy) is 3. The van der Waals surface area contributed by atoms with Crippen molar-refractivity contribution in [3.05, 3.63) is 58.6 Å². The number of anilines is 1. The van der Waals surface area contributed by atoms with Gasteiger partial charge in [0.2, 0.25) is 15.9 Å². The second kappa shape index (κ2) is 10.7. The molecule has 0 saturated carbocycles. The maximum Gasteiger partial charge on any atom is 0.337 e. The monoisotopic (exact) mass is 554 g/mol. The highest BCUT2D eigenvalue weighted by Gasteiger charge is 2.47. The molecule has 1 aliphatic heterocycles. The van der Waals surface area contributed by atoms with Crippen molar-refractivity contribution < 1.29 is 37.0 Å². The van der Waals surface area contributed by atoms with Gasteiger partial charge in [-0.25, -0.2) is 18.1 Å². The van der Waals surface area contributed by atoms with Crippen LogP contribution in [0, 0.1) is 0 Å². The molecule has 0 aliphatic carbocycles. The molecule has 0 spiro atoms. The van der Waals surface area contributed by atoms with Crippen molar-refractivity contribution in [2.75, 3.05) is 32.8 Å². The summed E-state index contributed by atoms with van der Waals surface area (Å²) in [5.41, 5.74) is 0.450.